The highest BCUT2D eigenvalue weighted by molar-refractivity contribution is 5.73. The summed E-state index contributed by atoms with van der Waals surface area (Å²) in [6.45, 7) is 4.10. The van der Waals surface area contributed by atoms with Gasteiger partial charge in [-0.2, -0.15) is 0 Å². The van der Waals surface area contributed by atoms with Crippen molar-refractivity contribution in [2.75, 3.05) is 0 Å². The van der Waals surface area contributed by atoms with Crippen molar-refractivity contribution in [1.29, 1.82) is 0 Å². The number of ether oxygens (including phenoxy) is 1. The summed E-state index contributed by atoms with van der Waals surface area (Å²) in [5.74, 6) is -0.408. The molecule has 1 aromatic rings. The van der Waals surface area contributed by atoms with Crippen molar-refractivity contribution >= 4 is 12.4 Å². The Morgan fingerprint density at radius 1 is 1.14 bits per heavy atom. The summed E-state index contributed by atoms with van der Waals surface area (Å²) in [5, 5.41) is 19.3. The van der Waals surface area contributed by atoms with Crippen LogP contribution in [-0.4, -0.2) is 28.3 Å². The van der Waals surface area contributed by atoms with Crippen LogP contribution in [0.3, 0.4) is 0 Å². The van der Waals surface area contributed by atoms with E-state index in [9.17, 15) is 14.7 Å². The quantitative estimate of drug-likeness (QED) is 0.344. The zero-order chi connectivity index (χ0) is 20.6. The van der Waals surface area contributed by atoms with Gasteiger partial charge < -0.3 is 14.9 Å². The van der Waals surface area contributed by atoms with Crippen LogP contribution < -0.4 is 0 Å². The predicted octanol–water partition coefficient (Wildman–Crippen LogP) is 5.02. The monoisotopic (exact) mass is 390 g/mol. The Morgan fingerprint density at radius 3 is 2.50 bits per heavy atom. The van der Waals surface area contributed by atoms with E-state index in [1.807, 2.05) is 6.07 Å². The average molecular weight is 391 g/mol. The fourth-order valence-corrected chi connectivity index (χ4v) is 3.61. The smallest absolute Gasteiger partial charge is 0.309 e. The Kier molecular flexibility index (Phi) is 7.90. The lowest BCUT2D eigenvalue weighted by Crippen LogP contribution is -2.23. The Bertz CT molecular complexity index is 661. The molecule has 0 unspecified atom stereocenters. The number of benzene rings is 1. The molecule has 1 aliphatic rings. The molecule has 0 aliphatic heterocycles. The number of rotatable bonds is 14. The number of hydrogen-bond donors (Lipinski definition) is 2. The topological polar surface area (TPSA) is 83.8 Å². The molecule has 0 aromatic heterocycles. The molecule has 0 saturated heterocycles. The van der Waals surface area contributed by atoms with E-state index < -0.39 is 11.4 Å². The summed E-state index contributed by atoms with van der Waals surface area (Å²) in [4.78, 5) is 21.7. The molecule has 5 nitrogen and oxygen atoms in total. The number of carbonyl (C=O) groups excluding carboxylic acids is 1. The maximum Gasteiger partial charge on any atom is 0.309 e. The number of carbonyl (C=O) groups is 2. The number of unbranched alkanes of at least 4 members (excludes halogenated alkanes) is 3. The van der Waals surface area contributed by atoms with Gasteiger partial charge in [0.1, 0.15) is 11.4 Å². The molecule has 0 radical (unpaired) electrons. The van der Waals surface area contributed by atoms with E-state index >= 15 is 0 Å². The number of carboxylic acid groups (broad SMARTS) is 1. The van der Waals surface area contributed by atoms with Gasteiger partial charge in [-0.1, -0.05) is 25.0 Å². The minimum atomic E-state index is -0.747. The van der Waals surface area contributed by atoms with E-state index in [1.165, 1.54) is 5.56 Å². The van der Waals surface area contributed by atoms with Gasteiger partial charge in [-0.25, -0.2) is 0 Å². The second-order valence-electron chi connectivity index (χ2n) is 8.82. The molecule has 0 amide bonds. The Hall–Kier alpha value is -2.04. The lowest BCUT2D eigenvalue weighted by Gasteiger charge is -2.18. The Labute approximate surface area is 168 Å². The van der Waals surface area contributed by atoms with Crippen molar-refractivity contribution in [2.24, 2.45) is 5.41 Å². The molecule has 1 saturated carbocycles. The molecule has 1 fully saturated rings. The van der Waals surface area contributed by atoms with Crippen molar-refractivity contribution in [2.45, 2.75) is 90.1 Å². The van der Waals surface area contributed by atoms with Gasteiger partial charge in [0.2, 0.25) is 0 Å². The predicted molar refractivity (Wildman–Crippen MR) is 108 cm³/mol. The molecule has 0 heterocycles. The Balaban J connectivity index is 1.70. The zero-order valence-electron chi connectivity index (χ0n) is 17.2. The van der Waals surface area contributed by atoms with Crippen LogP contribution >= 0.6 is 0 Å². The van der Waals surface area contributed by atoms with Crippen LogP contribution in [0.15, 0.2) is 18.2 Å². The number of aromatic hydroxyl groups is 1. The third-order valence-corrected chi connectivity index (χ3v) is 5.92. The average Bonchev–Trinajstić information content (AvgIpc) is 3.40. The van der Waals surface area contributed by atoms with Gasteiger partial charge in [-0.3, -0.25) is 9.59 Å². The number of phenolic OH excluding ortho intramolecular Hbond substituents is 1. The van der Waals surface area contributed by atoms with Gasteiger partial charge in [0.25, 0.3) is 6.47 Å². The minimum Gasteiger partial charge on any atom is -0.508 e. The molecular weight excluding hydrogens is 356 g/mol. The van der Waals surface area contributed by atoms with Crippen LogP contribution in [0.25, 0.3) is 0 Å². The second-order valence-corrected chi connectivity index (χ2v) is 8.82. The molecule has 5 heteroatoms. The summed E-state index contributed by atoms with van der Waals surface area (Å²) in [5.41, 5.74) is 1.36. The summed E-state index contributed by atoms with van der Waals surface area (Å²) in [6, 6.07) is 5.84. The largest absolute Gasteiger partial charge is 0.508 e. The van der Waals surface area contributed by atoms with E-state index in [0.29, 0.717) is 18.6 Å². The maximum absolute atomic E-state index is 11.1. The molecule has 1 aromatic carbocycles. The zero-order valence-corrected chi connectivity index (χ0v) is 17.2. The van der Waals surface area contributed by atoms with Crippen molar-refractivity contribution in [1.82, 2.24) is 0 Å². The molecule has 0 bridgehead atoms. The molecular formula is C23H34O5. The van der Waals surface area contributed by atoms with Crippen LogP contribution in [0.4, 0.5) is 0 Å². The van der Waals surface area contributed by atoms with Crippen molar-refractivity contribution in [3.63, 3.8) is 0 Å². The molecule has 156 valence electrons. The van der Waals surface area contributed by atoms with E-state index in [1.54, 1.807) is 19.9 Å². The van der Waals surface area contributed by atoms with E-state index in [0.717, 1.165) is 69.8 Å². The highest BCUT2D eigenvalue weighted by Crippen LogP contribution is 2.43. The summed E-state index contributed by atoms with van der Waals surface area (Å²) >= 11 is 0. The molecule has 0 spiro atoms. The summed E-state index contributed by atoms with van der Waals surface area (Å²) < 4.78 is 5.18. The van der Waals surface area contributed by atoms with Crippen molar-refractivity contribution in [3.8, 4) is 5.75 Å². The number of carboxylic acids is 1. The first-order valence-corrected chi connectivity index (χ1v) is 10.4. The van der Waals surface area contributed by atoms with Gasteiger partial charge >= 0.3 is 5.97 Å². The van der Waals surface area contributed by atoms with E-state index in [2.05, 4.69) is 6.07 Å². The van der Waals surface area contributed by atoms with Crippen LogP contribution in [0.1, 0.15) is 82.8 Å². The highest BCUT2D eigenvalue weighted by Gasteiger charge is 2.44. The summed E-state index contributed by atoms with van der Waals surface area (Å²) in [7, 11) is 0. The van der Waals surface area contributed by atoms with E-state index in [-0.39, 0.29) is 5.60 Å². The summed E-state index contributed by atoms with van der Waals surface area (Å²) in [6.07, 6.45) is 10.2. The third kappa shape index (κ3) is 6.84. The normalized spacial score (nSPS) is 15.2. The molecule has 2 rings (SSSR count). The van der Waals surface area contributed by atoms with Crippen molar-refractivity contribution < 1.29 is 24.5 Å². The van der Waals surface area contributed by atoms with E-state index in [4.69, 9.17) is 9.84 Å². The molecule has 2 N–H and O–H groups in total. The van der Waals surface area contributed by atoms with Gasteiger partial charge in [-0.15, -0.1) is 0 Å². The Morgan fingerprint density at radius 2 is 1.86 bits per heavy atom. The molecule has 0 atom stereocenters. The number of phenols is 1. The first kappa shape index (κ1) is 22.3. The fourth-order valence-electron chi connectivity index (χ4n) is 3.61. The second kappa shape index (κ2) is 9.94. The first-order chi connectivity index (χ1) is 13.3. The van der Waals surface area contributed by atoms with Crippen LogP contribution in [0.5, 0.6) is 5.75 Å². The van der Waals surface area contributed by atoms with Gasteiger partial charge in [0.05, 0.1) is 5.41 Å². The van der Waals surface area contributed by atoms with Crippen molar-refractivity contribution in [3.05, 3.63) is 29.3 Å². The standard InChI is InChI=1S/C23H34O5/c1-22(2,21(26)27)12-6-3-4-9-19-16-18(10-11-20(19)25)8-5-7-13-23(14-15-23)28-17-24/h10-11,16-17,25H,3-9,12-15H2,1-2H3,(H,26,27). The SMILES string of the molecule is CC(C)(CCCCCc1cc(CCCCC2(OC=O)CC2)ccc1O)C(=O)O. The highest BCUT2D eigenvalue weighted by atomic mass is 16.5. The number of aliphatic carboxylic acids is 1. The third-order valence-electron chi connectivity index (χ3n) is 5.92. The maximum atomic E-state index is 11.1. The number of aryl methyl sites for hydroxylation is 2. The van der Waals surface area contributed by atoms with Crippen LogP contribution in [-0.2, 0) is 27.2 Å². The fraction of sp³-hybridized carbons (Fsp3) is 0.652. The van der Waals surface area contributed by atoms with Crippen LogP contribution in [0.2, 0.25) is 0 Å². The molecule has 1 aliphatic carbocycles. The molecule has 28 heavy (non-hydrogen) atoms. The lowest BCUT2D eigenvalue weighted by molar-refractivity contribution is -0.147. The first-order valence-electron chi connectivity index (χ1n) is 10.4. The van der Waals surface area contributed by atoms with Crippen LogP contribution in [0, 0.1) is 5.41 Å². The minimum absolute atomic E-state index is 0.170. The van der Waals surface area contributed by atoms with Gasteiger partial charge in [0, 0.05) is 0 Å². The lowest BCUT2D eigenvalue weighted by atomic mass is 9.87. The van der Waals surface area contributed by atoms with Gasteiger partial charge in [-0.05, 0) is 88.8 Å². The number of hydrogen-bond acceptors (Lipinski definition) is 4. The van der Waals surface area contributed by atoms with Gasteiger partial charge in [0.15, 0.2) is 0 Å².